The molecule has 2 aromatic rings. The van der Waals surface area contributed by atoms with Crippen LogP contribution in [0.1, 0.15) is 0 Å². The number of aromatic nitrogens is 4. The van der Waals surface area contributed by atoms with E-state index >= 15 is 0 Å². The van der Waals surface area contributed by atoms with Crippen molar-refractivity contribution in [3.05, 3.63) is 18.7 Å². The Balaban J connectivity index is 1.87. The number of hydrogen-bond donors (Lipinski definition) is 2. The molecule has 96 valence electrons. The highest BCUT2D eigenvalue weighted by atomic mass is 16.2. The lowest BCUT2D eigenvalue weighted by Crippen LogP contribution is -2.37. The van der Waals surface area contributed by atoms with Crippen LogP contribution in [0.3, 0.4) is 0 Å². The van der Waals surface area contributed by atoms with Gasteiger partial charge in [0.25, 0.3) is 0 Å². The number of urea groups is 1. The molecular formula is C10H15N7O. The van der Waals surface area contributed by atoms with Crippen molar-refractivity contribution in [2.75, 3.05) is 32.5 Å². The first-order valence-electron chi connectivity index (χ1n) is 5.52. The van der Waals surface area contributed by atoms with Gasteiger partial charge in [-0.1, -0.05) is 0 Å². The van der Waals surface area contributed by atoms with Gasteiger partial charge in [-0.2, -0.15) is 0 Å². The molecule has 0 saturated heterocycles. The average Bonchev–Trinajstić information content (AvgIpc) is 2.83. The third-order valence-electron chi connectivity index (χ3n) is 2.32. The number of carbonyl (C=O) groups is 1. The molecule has 0 aliphatic carbocycles. The second kappa shape index (κ2) is 5.30. The van der Waals surface area contributed by atoms with Gasteiger partial charge in [0, 0.05) is 39.6 Å². The molecule has 0 aliphatic rings. The number of anilines is 1. The predicted octanol–water partition coefficient (Wildman–Crippen LogP) is -0.193. The lowest BCUT2D eigenvalue weighted by Gasteiger charge is -2.12. The second-order valence-electron chi connectivity index (χ2n) is 3.89. The Bertz CT molecular complexity index is 536. The van der Waals surface area contributed by atoms with E-state index < -0.39 is 0 Å². The molecule has 0 unspecified atom stereocenters. The first kappa shape index (κ1) is 12.1. The number of nitrogens with one attached hydrogen (secondary N) is 2. The third kappa shape index (κ3) is 2.65. The number of nitrogens with zero attached hydrogens (tertiary/aromatic N) is 5. The minimum atomic E-state index is -0.120. The SMILES string of the molecule is CN(C)C(=O)NCCNc1nccn2cnnc12. The first-order chi connectivity index (χ1) is 8.68. The van der Waals surface area contributed by atoms with Gasteiger partial charge >= 0.3 is 6.03 Å². The highest BCUT2D eigenvalue weighted by Gasteiger charge is 2.04. The normalized spacial score (nSPS) is 10.3. The number of carbonyl (C=O) groups excluding carboxylic acids is 1. The maximum absolute atomic E-state index is 11.3. The Hall–Kier alpha value is -2.38. The van der Waals surface area contributed by atoms with E-state index in [0.29, 0.717) is 24.6 Å². The van der Waals surface area contributed by atoms with E-state index in [4.69, 9.17) is 0 Å². The van der Waals surface area contributed by atoms with Gasteiger partial charge in [-0.3, -0.25) is 4.40 Å². The van der Waals surface area contributed by atoms with E-state index in [1.165, 1.54) is 4.90 Å². The van der Waals surface area contributed by atoms with Gasteiger partial charge in [0.05, 0.1) is 0 Å². The van der Waals surface area contributed by atoms with Crippen LogP contribution in [-0.4, -0.2) is 57.7 Å². The molecule has 18 heavy (non-hydrogen) atoms. The lowest BCUT2D eigenvalue weighted by molar-refractivity contribution is 0.218. The molecule has 8 nitrogen and oxygen atoms in total. The van der Waals surface area contributed by atoms with Gasteiger partial charge in [0.1, 0.15) is 6.33 Å². The molecule has 2 amide bonds. The number of amides is 2. The largest absolute Gasteiger partial charge is 0.365 e. The lowest BCUT2D eigenvalue weighted by atomic mass is 10.5. The molecule has 0 bridgehead atoms. The molecule has 2 heterocycles. The Labute approximate surface area is 104 Å². The van der Waals surface area contributed by atoms with Crippen molar-refractivity contribution in [3.63, 3.8) is 0 Å². The van der Waals surface area contributed by atoms with Gasteiger partial charge in [-0.25, -0.2) is 9.78 Å². The summed E-state index contributed by atoms with van der Waals surface area (Å²) in [7, 11) is 3.39. The van der Waals surface area contributed by atoms with Crippen molar-refractivity contribution in [1.29, 1.82) is 0 Å². The molecule has 2 N–H and O–H groups in total. The zero-order chi connectivity index (χ0) is 13.0. The summed E-state index contributed by atoms with van der Waals surface area (Å²) >= 11 is 0. The van der Waals surface area contributed by atoms with E-state index in [-0.39, 0.29) is 6.03 Å². The van der Waals surface area contributed by atoms with Gasteiger partial charge in [0.15, 0.2) is 5.82 Å². The minimum Gasteiger partial charge on any atom is -0.365 e. The molecular weight excluding hydrogens is 234 g/mol. The van der Waals surface area contributed by atoms with Crippen LogP contribution in [0.4, 0.5) is 10.6 Å². The first-order valence-corrected chi connectivity index (χ1v) is 5.52. The van der Waals surface area contributed by atoms with Crippen molar-refractivity contribution in [3.8, 4) is 0 Å². The molecule has 2 rings (SSSR count). The number of fused-ring (bicyclic) bond motifs is 1. The molecule has 8 heteroatoms. The van der Waals surface area contributed by atoms with Crippen molar-refractivity contribution < 1.29 is 4.79 Å². The van der Waals surface area contributed by atoms with Crippen LogP contribution in [0.25, 0.3) is 5.65 Å². The van der Waals surface area contributed by atoms with Crippen molar-refractivity contribution in [1.82, 2.24) is 29.8 Å². The van der Waals surface area contributed by atoms with E-state index in [2.05, 4.69) is 25.8 Å². The summed E-state index contributed by atoms with van der Waals surface area (Å²) in [6.07, 6.45) is 5.04. The van der Waals surface area contributed by atoms with Gasteiger partial charge in [0.2, 0.25) is 5.65 Å². The molecule has 0 atom stereocenters. The number of hydrogen-bond acceptors (Lipinski definition) is 5. The zero-order valence-corrected chi connectivity index (χ0v) is 10.3. The quantitative estimate of drug-likeness (QED) is 0.733. The Morgan fingerprint density at radius 2 is 2.28 bits per heavy atom. The smallest absolute Gasteiger partial charge is 0.316 e. The summed E-state index contributed by atoms with van der Waals surface area (Å²) in [5, 5.41) is 13.6. The molecule has 2 aromatic heterocycles. The van der Waals surface area contributed by atoms with Gasteiger partial charge in [-0.05, 0) is 0 Å². The number of rotatable bonds is 4. The highest BCUT2D eigenvalue weighted by molar-refractivity contribution is 5.73. The van der Waals surface area contributed by atoms with Crippen LogP contribution < -0.4 is 10.6 Å². The van der Waals surface area contributed by atoms with Crippen LogP contribution in [0.5, 0.6) is 0 Å². The summed E-state index contributed by atoms with van der Waals surface area (Å²) in [5.74, 6) is 0.647. The Morgan fingerprint density at radius 1 is 1.44 bits per heavy atom. The van der Waals surface area contributed by atoms with Gasteiger partial charge in [-0.15, -0.1) is 10.2 Å². The fourth-order valence-corrected chi connectivity index (χ4v) is 1.39. The van der Waals surface area contributed by atoms with Crippen LogP contribution in [0.15, 0.2) is 18.7 Å². The van der Waals surface area contributed by atoms with Crippen LogP contribution in [-0.2, 0) is 0 Å². The summed E-state index contributed by atoms with van der Waals surface area (Å²) < 4.78 is 1.77. The average molecular weight is 249 g/mol. The molecule has 0 aromatic carbocycles. The van der Waals surface area contributed by atoms with Crippen molar-refractivity contribution >= 4 is 17.5 Å². The maximum Gasteiger partial charge on any atom is 0.316 e. The fraction of sp³-hybridized carbons (Fsp3) is 0.400. The topological polar surface area (TPSA) is 87.5 Å². The summed E-state index contributed by atoms with van der Waals surface area (Å²) in [6, 6.07) is -0.120. The summed E-state index contributed by atoms with van der Waals surface area (Å²) in [6.45, 7) is 1.08. The maximum atomic E-state index is 11.3. The molecule has 0 saturated carbocycles. The Kier molecular flexibility index (Phi) is 3.56. The Morgan fingerprint density at radius 3 is 3.06 bits per heavy atom. The molecule has 0 fully saturated rings. The van der Waals surface area contributed by atoms with Crippen LogP contribution >= 0.6 is 0 Å². The van der Waals surface area contributed by atoms with Crippen LogP contribution in [0.2, 0.25) is 0 Å². The summed E-state index contributed by atoms with van der Waals surface area (Å²) in [4.78, 5) is 16.9. The third-order valence-corrected chi connectivity index (χ3v) is 2.32. The zero-order valence-electron chi connectivity index (χ0n) is 10.3. The van der Waals surface area contributed by atoms with Crippen LogP contribution in [0, 0.1) is 0 Å². The van der Waals surface area contributed by atoms with E-state index in [9.17, 15) is 4.79 Å². The molecule has 0 spiro atoms. The van der Waals surface area contributed by atoms with Crippen molar-refractivity contribution in [2.24, 2.45) is 0 Å². The van der Waals surface area contributed by atoms with E-state index in [1.807, 2.05) is 0 Å². The van der Waals surface area contributed by atoms with Gasteiger partial charge < -0.3 is 15.5 Å². The minimum absolute atomic E-state index is 0.120. The van der Waals surface area contributed by atoms with E-state index in [0.717, 1.165) is 0 Å². The molecule has 0 radical (unpaired) electrons. The fourth-order valence-electron chi connectivity index (χ4n) is 1.39. The predicted molar refractivity (Wildman–Crippen MR) is 66.4 cm³/mol. The second-order valence-corrected chi connectivity index (χ2v) is 3.89. The monoisotopic (exact) mass is 249 g/mol. The molecule has 0 aliphatic heterocycles. The van der Waals surface area contributed by atoms with E-state index in [1.54, 1.807) is 37.2 Å². The highest BCUT2D eigenvalue weighted by Crippen LogP contribution is 2.08. The standard InChI is InChI=1S/C10H15N7O/c1-16(2)10(18)13-4-3-11-8-9-15-14-7-17(9)6-5-12-8/h5-7H,3-4H2,1-2H3,(H,11,12)(H,13,18). The summed E-state index contributed by atoms with van der Waals surface area (Å²) in [5.41, 5.74) is 0.663. The van der Waals surface area contributed by atoms with Crippen molar-refractivity contribution in [2.45, 2.75) is 0 Å².